The Labute approximate surface area is 134 Å². The highest BCUT2D eigenvalue weighted by Crippen LogP contribution is 2.15. The average molecular weight is 313 g/mol. The van der Waals surface area contributed by atoms with E-state index in [1.54, 1.807) is 35.2 Å². The Morgan fingerprint density at radius 3 is 2.61 bits per heavy atom. The van der Waals surface area contributed by atoms with E-state index in [9.17, 15) is 9.59 Å². The van der Waals surface area contributed by atoms with Crippen LogP contribution >= 0.6 is 0 Å². The fraction of sp³-hybridized carbons (Fsp3) is 0.294. The first kappa shape index (κ1) is 15.1. The van der Waals surface area contributed by atoms with Gasteiger partial charge < -0.3 is 19.5 Å². The number of ether oxygens (including phenoxy) is 1. The minimum Gasteiger partial charge on any atom is -0.497 e. The normalized spacial score (nSPS) is 14.9. The van der Waals surface area contributed by atoms with Crippen molar-refractivity contribution in [3.05, 3.63) is 53.9 Å². The molecule has 0 saturated carbocycles. The van der Waals surface area contributed by atoms with Crippen molar-refractivity contribution >= 4 is 11.8 Å². The molecule has 1 aromatic heterocycles. The van der Waals surface area contributed by atoms with Crippen molar-refractivity contribution in [2.45, 2.75) is 6.54 Å². The van der Waals surface area contributed by atoms with Crippen molar-refractivity contribution in [1.82, 2.24) is 14.8 Å². The fourth-order valence-corrected chi connectivity index (χ4v) is 2.63. The standard InChI is InChI=1S/C17H19N3O3/c1-23-14-6-4-13(5-7-14)11-19-9-10-20(12-16(19)21)17(22)15-3-2-8-18-15/h2-8,18H,9-12H2,1H3. The molecule has 23 heavy (non-hydrogen) atoms. The van der Waals surface area contributed by atoms with Crippen LogP contribution in [0.1, 0.15) is 16.1 Å². The molecule has 1 N–H and O–H groups in total. The predicted octanol–water partition coefficient (Wildman–Crippen LogP) is 1.51. The van der Waals surface area contributed by atoms with Crippen LogP contribution in [-0.4, -0.2) is 53.3 Å². The first-order valence-electron chi connectivity index (χ1n) is 7.51. The number of H-pyrrole nitrogens is 1. The molecular formula is C17H19N3O3. The molecule has 0 spiro atoms. The molecule has 0 radical (unpaired) electrons. The van der Waals surface area contributed by atoms with Crippen LogP contribution in [0.2, 0.25) is 0 Å². The number of piperazine rings is 1. The largest absolute Gasteiger partial charge is 0.497 e. The third kappa shape index (κ3) is 3.36. The summed E-state index contributed by atoms with van der Waals surface area (Å²) in [5.74, 6) is 0.626. The van der Waals surface area contributed by atoms with Gasteiger partial charge in [-0.1, -0.05) is 12.1 Å². The lowest BCUT2D eigenvalue weighted by atomic mass is 10.2. The van der Waals surface area contributed by atoms with Gasteiger partial charge in [-0.3, -0.25) is 9.59 Å². The Kier molecular flexibility index (Phi) is 4.32. The van der Waals surface area contributed by atoms with Gasteiger partial charge in [0, 0.05) is 25.8 Å². The molecule has 1 aliphatic rings. The van der Waals surface area contributed by atoms with E-state index in [1.165, 1.54) is 0 Å². The zero-order valence-corrected chi connectivity index (χ0v) is 13.0. The third-order valence-corrected chi connectivity index (χ3v) is 3.97. The molecule has 6 nitrogen and oxygen atoms in total. The summed E-state index contributed by atoms with van der Waals surface area (Å²) in [7, 11) is 1.62. The van der Waals surface area contributed by atoms with Crippen LogP contribution in [-0.2, 0) is 11.3 Å². The molecule has 2 heterocycles. The lowest BCUT2D eigenvalue weighted by Crippen LogP contribution is -2.51. The highest BCUT2D eigenvalue weighted by atomic mass is 16.5. The quantitative estimate of drug-likeness (QED) is 0.930. The SMILES string of the molecule is COc1ccc(CN2CCN(C(=O)c3ccc[nH]3)CC2=O)cc1. The van der Waals surface area contributed by atoms with Crippen LogP contribution < -0.4 is 4.74 Å². The molecule has 120 valence electrons. The van der Waals surface area contributed by atoms with Gasteiger partial charge in [-0.25, -0.2) is 0 Å². The highest BCUT2D eigenvalue weighted by molar-refractivity contribution is 5.95. The van der Waals surface area contributed by atoms with Gasteiger partial charge in [-0.2, -0.15) is 0 Å². The second-order valence-electron chi connectivity index (χ2n) is 5.47. The Hall–Kier alpha value is -2.76. The molecule has 6 heteroatoms. The van der Waals surface area contributed by atoms with Gasteiger partial charge in [0.15, 0.2) is 0 Å². The summed E-state index contributed by atoms with van der Waals surface area (Å²) in [6, 6.07) is 11.1. The molecule has 1 aliphatic heterocycles. The van der Waals surface area contributed by atoms with Crippen LogP contribution in [0, 0.1) is 0 Å². The average Bonchev–Trinajstić information content (AvgIpc) is 3.11. The second kappa shape index (κ2) is 6.56. The topological polar surface area (TPSA) is 65.6 Å². The van der Waals surface area contributed by atoms with Crippen molar-refractivity contribution in [2.24, 2.45) is 0 Å². The van der Waals surface area contributed by atoms with E-state index in [-0.39, 0.29) is 18.4 Å². The molecule has 3 rings (SSSR count). The number of hydrogen-bond acceptors (Lipinski definition) is 3. The van der Waals surface area contributed by atoms with E-state index in [4.69, 9.17) is 4.74 Å². The molecule has 0 atom stereocenters. The van der Waals surface area contributed by atoms with Crippen molar-refractivity contribution in [2.75, 3.05) is 26.7 Å². The molecular weight excluding hydrogens is 294 g/mol. The lowest BCUT2D eigenvalue weighted by Gasteiger charge is -2.34. The maximum atomic E-state index is 12.3. The minimum absolute atomic E-state index is 0.0352. The predicted molar refractivity (Wildman–Crippen MR) is 85.1 cm³/mol. The monoisotopic (exact) mass is 313 g/mol. The zero-order valence-electron chi connectivity index (χ0n) is 13.0. The van der Waals surface area contributed by atoms with Gasteiger partial charge >= 0.3 is 0 Å². The number of rotatable bonds is 4. The van der Waals surface area contributed by atoms with Gasteiger partial charge in [0.1, 0.15) is 18.0 Å². The minimum atomic E-state index is -0.132. The summed E-state index contributed by atoms with van der Waals surface area (Å²) in [6.45, 7) is 1.75. The molecule has 1 fully saturated rings. The summed E-state index contributed by atoms with van der Waals surface area (Å²) in [5, 5.41) is 0. The molecule has 2 aromatic rings. The number of amides is 2. The Morgan fingerprint density at radius 2 is 2.00 bits per heavy atom. The summed E-state index contributed by atoms with van der Waals surface area (Å²) in [4.78, 5) is 30.8. The van der Waals surface area contributed by atoms with Gasteiger partial charge in [0.2, 0.25) is 5.91 Å². The third-order valence-electron chi connectivity index (χ3n) is 3.97. The summed E-state index contributed by atoms with van der Waals surface area (Å²) < 4.78 is 5.13. The maximum Gasteiger partial charge on any atom is 0.270 e. The summed E-state index contributed by atoms with van der Waals surface area (Å²) in [6.07, 6.45) is 1.70. The summed E-state index contributed by atoms with van der Waals surface area (Å²) >= 11 is 0. The van der Waals surface area contributed by atoms with E-state index >= 15 is 0 Å². The van der Waals surface area contributed by atoms with E-state index in [1.807, 2.05) is 24.3 Å². The van der Waals surface area contributed by atoms with E-state index in [0.29, 0.717) is 25.3 Å². The van der Waals surface area contributed by atoms with E-state index < -0.39 is 0 Å². The first-order chi connectivity index (χ1) is 11.2. The number of hydrogen-bond donors (Lipinski definition) is 1. The van der Waals surface area contributed by atoms with Crippen LogP contribution in [0.25, 0.3) is 0 Å². The Bertz CT molecular complexity index is 680. The number of benzene rings is 1. The van der Waals surface area contributed by atoms with Crippen molar-refractivity contribution in [1.29, 1.82) is 0 Å². The number of carbonyl (C=O) groups is 2. The zero-order chi connectivity index (χ0) is 16.2. The Morgan fingerprint density at radius 1 is 1.22 bits per heavy atom. The number of methoxy groups -OCH3 is 1. The molecule has 0 unspecified atom stereocenters. The molecule has 1 aromatic carbocycles. The fourth-order valence-electron chi connectivity index (χ4n) is 2.63. The Balaban J connectivity index is 1.60. The van der Waals surface area contributed by atoms with E-state index in [2.05, 4.69) is 4.98 Å². The summed E-state index contributed by atoms with van der Waals surface area (Å²) in [5.41, 5.74) is 1.56. The van der Waals surface area contributed by atoms with E-state index in [0.717, 1.165) is 11.3 Å². The number of carbonyl (C=O) groups excluding carboxylic acids is 2. The van der Waals surface area contributed by atoms with Gasteiger partial charge in [0.25, 0.3) is 5.91 Å². The van der Waals surface area contributed by atoms with Crippen LogP contribution in [0.5, 0.6) is 5.75 Å². The van der Waals surface area contributed by atoms with Crippen LogP contribution in [0.4, 0.5) is 0 Å². The molecule has 0 bridgehead atoms. The number of nitrogens with zero attached hydrogens (tertiary/aromatic N) is 2. The van der Waals surface area contributed by atoms with Crippen molar-refractivity contribution < 1.29 is 14.3 Å². The van der Waals surface area contributed by atoms with Gasteiger partial charge in [0.05, 0.1) is 7.11 Å². The van der Waals surface area contributed by atoms with Crippen LogP contribution in [0.3, 0.4) is 0 Å². The molecule has 0 aliphatic carbocycles. The smallest absolute Gasteiger partial charge is 0.270 e. The number of aromatic amines is 1. The van der Waals surface area contributed by atoms with Crippen molar-refractivity contribution in [3.63, 3.8) is 0 Å². The molecule has 2 amide bonds. The highest BCUT2D eigenvalue weighted by Gasteiger charge is 2.27. The number of nitrogens with one attached hydrogen (secondary N) is 1. The van der Waals surface area contributed by atoms with Gasteiger partial charge in [-0.05, 0) is 29.8 Å². The lowest BCUT2D eigenvalue weighted by molar-refractivity contribution is -0.135. The second-order valence-corrected chi connectivity index (χ2v) is 5.47. The maximum absolute atomic E-state index is 12.3. The van der Waals surface area contributed by atoms with Crippen molar-refractivity contribution in [3.8, 4) is 5.75 Å². The number of aromatic nitrogens is 1. The van der Waals surface area contributed by atoms with Gasteiger partial charge in [-0.15, -0.1) is 0 Å². The molecule has 1 saturated heterocycles. The first-order valence-corrected chi connectivity index (χ1v) is 7.51. The van der Waals surface area contributed by atoms with Crippen LogP contribution in [0.15, 0.2) is 42.6 Å².